The van der Waals surface area contributed by atoms with E-state index in [1.807, 2.05) is 42.5 Å². The summed E-state index contributed by atoms with van der Waals surface area (Å²) in [6.45, 7) is 3.58. The fraction of sp³-hybridized carbons (Fsp3) is 0.133. The predicted octanol–water partition coefficient (Wildman–Crippen LogP) is 3.79. The molecular weight excluding hydrogens is 196 g/mol. The van der Waals surface area contributed by atoms with E-state index in [4.69, 9.17) is 0 Å². The maximum atomic E-state index is 11.2. The minimum absolute atomic E-state index is 0.137. The second-order valence-electron chi connectivity index (χ2n) is 3.42. The molecule has 1 nitrogen and oxygen atoms in total. The molecule has 1 aromatic carbocycles. The molecule has 0 saturated carbocycles. The highest BCUT2D eigenvalue weighted by atomic mass is 16.1. The van der Waals surface area contributed by atoms with Gasteiger partial charge in [-0.1, -0.05) is 54.6 Å². The Hall–Kier alpha value is -1.89. The van der Waals surface area contributed by atoms with Crippen molar-refractivity contribution in [2.45, 2.75) is 12.8 Å². The van der Waals surface area contributed by atoms with Crippen molar-refractivity contribution in [3.8, 4) is 0 Å². The Morgan fingerprint density at radius 2 is 1.94 bits per heavy atom. The van der Waals surface area contributed by atoms with Gasteiger partial charge in [0, 0.05) is 6.42 Å². The summed E-state index contributed by atoms with van der Waals surface area (Å²) in [4.78, 5) is 11.2. The van der Waals surface area contributed by atoms with Crippen molar-refractivity contribution in [3.63, 3.8) is 0 Å². The average molecular weight is 212 g/mol. The number of rotatable bonds is 6. The lowest BCUT2D eigenvalue weighted by Crippen LogP contribution is -1.89. The third-order valence-electron chi connectivity index (χ3n) is 2.08. The normalized spacial score (nSPS) is 11.0. The summed E-state index contributed by atoms with van der Waals surface area (Å²) in [5.74, 6) is 0.137. The summed E-state index contributed by atoms with van der Waals surface area (Å²) < 4.78 is 0. The molecule has 0 radical (unpaired) electrons. The number of allylic oxidation sites excluding steroid dienone is 4. The first-order valence-corrected chi connectivity index (χ1v) is 5.36. The van der Waals surface area contributed by atoms with Crippen LogP contribution in [0.2, 0.25) is 0 Å². The molecular formula is C15H16O. The van der Waals surface area contributed by atoms with Gasteiger partial charge in [0.2, 0.25) is 0 Å². The van der Waals surface area contributed by atoms with E-state index >= 15 is 0 Å². The van der Waals surface area contributed by atoms with Crippen LogP contribution in [-0.4, -0.2) is 5.78 Å². The molecule has 0 aromatic heterocycles. The van der Waals surface area contributed by atoms with Crippen LogP contribution >= 0.6 is 0 Å². The van der Waals surface area contributed by atoms with Gasteiger partial charge in [0.05, 0.1) is 0 Å². The van der Waals surface area contributed by atoms with Gasteiger partial charge in [0.15, 0.2) is 5.78 Å². The molecule has 16 heavy (non-hydrogen) atoms. The summed E-state index contributed by atoms with van der Waals surface area (Å²) >= 11 is 0. The van der Waals surface area contributed by atoms with Gasteiger partial charge in [-0.05, 0) is 18.1 Å². The molecule has 0 aliphatic rings. The minimum Gasteiger partial charge on any atom is -0.295 e. The first-order chi connectivity index (χ1) is 7.83. The van der Waals surface area contributed by atoms with Crippen LogP contribution < -0.4 is 0 Å². The van der Waals surface area contributed by atoms with Gasteiger partial charge in [-0.15, -0.1) is 6.58 Å². The molecule has 0 atom stereocenters. The molecule has 0 unspecified atom stereocenters. The molecule has 0 N–H and O–H groups in total. The zero-order chi connectivity index (χ0) is 11.6. The molecule has 82 valence electrons. The highest BCUT2D eigenvalue weighted by Gasteiger charge is 1.91. The van der Waals surface area contributed by atoms with Crippen molar-refractivity contribution in [2.24, 2.45) is 0 Å². The Bertz CT molecular complexity index is 385. The fourth-order valence-corrected chi connectivity index (χ4v) is 1.22. The molecule has 0 bridgehead atoms. The number of benzene rings is 1. The van der Waals surface area contributed by atoms with E-state index in [9.17, 15) is 4.79 Å². The monoisotopic (exact) mass is 212 g/mol. The first kappa shape index (κ1) is 12.2. The Balaban J connectivity index is 2.39. The van der Waals surface area contributed by atoms with Crippen molar-refractivity contribution in [1.29, 1.82) is 0 Å². The molecule has 1 aromatic rings. The van der Waals surface area contributed by atoms with Crippen LogP contribution in [0.4, 0.5) is 0 Å². The van der Waals surface area contributed by atoms with Crippen molar-refractivity contribution >= 4 is 11.9 Å². The minimum atomic E-state index is 0.137. The molecule has 0 saturated heterocycles. The highest BCUT2D eigenvalue weighted by Crippen LogP contribution is 2.01. The van der Waals surface area contributed by atoms with E-state index in [-0.39, 0.29) is 5.78 Å². The van der Waals surface area contributed by atoms with E-state index in [0.717, 1.165) is 12.0 Å². The van der Waals surface area contributed by atoms with Gasteiger partial charge in [-0.3, -0.25) is 4.79 Å². The first-order valence-electron chi connectivity index (χ1n) is 5.36. The van der Waals surface area contributed by atoms with E-state index in [1.165, 1.54) is 0 Å². The topological polar surface area (TPSA) is 17.1 Å². The lowest BCUT2D eigenvalue weighted by Gasteiger charge is -1.89. The van der Waals surface area contributed by atoms with Gasteiger partial charge < -0.3 is 0 Å². The molecule has 0 spiro atoms. The molecule has 0 fully saturated rings. The molecule has 0 amide bonds. The maximum Gasteiger partial charge on any atom is 0.155 e. The Labute approximate surface area is 96.8 Å². The predicted molar refractivity (Wildman–Crippen MR) is 69.1 cm³/mol. The molecule has 0 heterocycles. The Morgan fingerprint density at radius 1 is 1.19 bits per heavy atom. The zero-order valence-corrected chi connectivity index (χ0v) is 9.30. The van der Waals surface area contributed by atoms with Gasteiger partial charge in [-0.2, -0.15) is 0 Å². The van der Waals surface area contributed by atoms with Gasteiger partial charge in [0.1, 0.15) is 0 Å². The zero-order valence-electron chi connectivity index (χ0n) is 9.30. The summed E-state index contributed by atoms with van der Waals surface area (Å²) in [7, 11) is 0. The third-order valence-corrected chi connectivity index (χ3v) is 2.08. The van der Waals surface area contributed by atoms with Crippen molar-refractivity contribution in [3.05, 3.63) is 66.8 Å². The maximum absolute atomic E-state index is 11.2. The van der Waals surface area contributed by atoms with E-state index < -0.39 is 0 Å². The molecule has 0 aliphatic carbocycles. The largest absolute Gasteiger partial charge is 0.295 e. The van der Waals surface area contributed by atoms with Crippen LogP contribution in [-0.2, 0) is 4.79 Å². The number of ketones is 1. The van der Waals surface area contributed by atoms with E-state index in [2.05, 4.69) is 6.58 Å². The molecule has 1 rings (SSSR count). The summed E-state index contributed by atoms with van der Waals surface area (Å²) in [5.41, 5.74) is 1.13. The third kappa shape index (κ3) is 5.11. The van der Waals surface area contributed by atoms with Crippen molar-refractivity contribution in [1.82, 2.24) is 0 Å². The number of carbonyl (C=O) groups excluding carboxylic acids is 1. The Kier molecular flexibility index (Phi) is 5.64. The summed E-state index contributed by atoms with van der Waals surface area (Å²) in [5, 5.41) is 0. The second kappa shape index (κ2) is 7.41. The standard InChI is InChI=1S/C15H16O/c1-2-3-12-15(16)13-8-7-11-14-9-5-4-6-10-14/h2,4-11,13H,1,3,12H2. The number of carbonyl (C=O) groups is 1. The lowest BCUT2D eigenvalue weighted by molar-refractivity contribution is -0.114. The average Bonchev–Trinajstić information content (AvgIpc) is 2.33. The molecule has 0 aliphatic heterocycles. The second-order valence-corrected chi connectivity index (χ2v) is 3.42. The lowest BCUT2D eigenvalue weighted by atomic mass is 10.2. The van der Waals surface area contributed by atoms with Crippen LogP contribution in [0.3, 0.4) is 0 Å². The van der Waals surface area contributed by atoms with Crippen LogP contribution in [0, 0.1) is 0 Å². The van der Waals surface area contributed by atoms with Crippen LogP contribution in [0.5, 0.6) is 0 Å². The van der Waals surface area contributed by atoms with Crippen LogP contribution in [0.25, 0.3) is 6.08 Å². The smallest absolute Gasteiger partial charge is 0.155 e. The van der Waals surface area contributed by atoms with Crippen molar-refractivity contribution in [2.75, 3.05) is 0 Å². The summed E-state index contributed by atoms with van der Waals surface area (Å²) in [6, 6.07) is 9.98. The van der Waals surface area contributed by atoms with E-state index in [0.29, 0.717) is 6.42 Å². The fourth-order valence-electron chi connectivity index (χ4n) is 1.22. The Morgan fingerprint density at radius 3 is 2.62 bits per heavy atom. The summed E-state index contributed by atoms with van der Waals surface area (Å²) in [6.07, 6.45) is 10.3. The van der Waals surface area contributed by atoms with E-state index in [1.54, 1.807) is 18.2 Å². The highest BCUT2D eigenvalue weighted by molar-refractivity contribution is 5.90. The number of hydrogen-bond donors (Lipinski definition) is 0. The van der Waals surface area contributed by atoms with Crippen molar-refractivity contribution < 1.29 is 4.79 Å². The van der Waals surface area contributed by atoms with Crippen LogP contribution in [0.15, 0.2) is 61.2 Å². The molecule has 1 heteroatoms. The van der Waals surface area contributed by atoms with Gasteiger partial charge in [0.25, 0.3) is 0 Å². The SMILES string of the molecule is C=CCCC(=O)C=CC=Cc1ccccc1. The van der Waals surface area contributed by atoms with Gasteiger partial charge in [-0.25, -0.2) is 0 Å². The van der Waals surface area contributed by atoms with Gasteiger partial charge >= 0.3 is 0 Å². The number of hydrogen-bond acceptors (Lipinski definition) is 1. The van der Waals surface area contributed by atoms with Crippen LogP contribution in [0.1, 0.15) is 18.4 Å². The quantitative estimate of drug-likeness (QED) is 0.398.